The molecule has 0 spiro atoms. The minimum absolute atomic E-state index is 0.0185. The first-order chi connectivity index (χ1) is 11.1. The second-order valence-electron chi connectivity index (χ2n) is 6.26. The van der Waals surface area contributed by atoms with Crippen molar-refractivity contribution in [1.29, 1.82) is 0 Å². The van der Waals surface area contributed by atoms with Gasteiger partial charge in [0.2, 0.25) is 0 Å². The number of nitrogens with one attached hydrogen (secondary N) is 1. The molecule has 0 bridgehead atoms. The van der Waals surface area contributed by atoms with Crippen LogP contribution in [0.25, 0.3) is 0 Å². The molecule has 0 unspecified atom stereocenters. The van der Waals surface area contributed by atoms with Crippen LogP contribution in [-0.4, -0.2) is 35.9 Å². The fraction of sp³-hybridized carbons (Fsp3) is 0.444. The number of hydrogen-bond donors (Lipinski definition) is 1. The number of aryl methyl sites for hydroxylation is 1. The lowest BCUT2D eigenvalue weighted by Crippen LogP contribution is -2.41. The first-order valence-corrected chi connectivity index (χ1v) is 8.97. The van der Waals surface area contributed by atoms with Gasteiger partial charge in [-0.1, -0.05) is 31.2 Å². The van der Waals surface area contributed by atoms with Crippen LogP contribution in [-0.2, 0) is 12.8 Å². The quantitative estimate of drug-likeness (QED) is 0.917. The van der Waals surface area contributed by atoms with Crippen LogP contribution in [0.3, 0.4) is 0 Å². The average molecular weight is 329 g/mol. The predicted octanol–water partition coefficient (Wildman–Crippen LogP) is 3.05. The van der Waals surface area contributed by atoms with Gasteiger partial charge in [0.1, 0.15) is 5.69 Å². The molecule has 1 N–H and O–H groups in total. The first kappa shape index (κ1) is 16.1. The summed E-state index contributed by atoms with van der Waals surface area (Å²) in [6, 6.07) is 8.68. The van der Waals surface area contributed by atoms with Crippen LogP contribution in [0.2, 0.25) is 0 Å². The van der Waals surface area contributed by atoms with Crippen LogP contribution in [0.4, 0.5) is 0 Å². The molecule has 2 atom stereocenters. The van der Waals surface area contributed by atoms with E-state index >= 15 is 0 Å². The molecule has 0 fully saturated rings. The summed E-state index contributed by atoms with van der Waals surface area (Å²) in [5.74, 6) is -0.0721. The maximum Gasteiger partial charge on any atom is 0.271 e. The Bertz CT molecular complexity index is 695. The smallest absolute Gasteiger partial charge is 0.271 e. The molecule has 2 aromatic rings. The lowest BCUT2D eigenvalue weighted by atomic mass is 10.1. The van der Waals surface area contributed by atoms with Gasteiger partial charge in [0.05, 0.1) is 11.0 Å². The molecule has 0 saturated heterocycles. The average Bonchev–Trinajstić information content (AvgIpc) is 3.13. The lowest BCUT2D eigenvalue weighted by molar-refractivity contribution is 0.0910. The molecular formula is C18H23N3OS. The second-order valence-corrected chi connectivity index (χ2v) is 7.20. The normalized spacial score (nSPS) is 19.8. The molecule has 0 radical (unpaired) electrons. The van der Waals surface area contributed by atoms with Crippen molar-refractivity contribution in [3.05, 3.63) is 51.5 Å². The summed E-state index contributed by atoms with van der Waals surface area (Å²) in [6.45, 7) is 2.12. The van der Waals surface area contributed by atoms with E-state index in [0.29, 0.717) is 5.69 Å². The Labute approximate surface area is 141 Å². The van der Waals surface area contributed by atoms with Gasteiger partial charge in [-0.3, -0.25) is 4.79 Å². The zero-order valence-corrected chi connectivity index (χ0v) is 14.7. The van der Waals surface area contributed by atoms with E-state index in [1.165, 1.54) is 11.1 Å². The van der Waals surface area contributed by atoms with Crippen molar-refractivity contribution in [2.75, 3.05) is 14.1 Å². The van der Waals surface area contributed by atoms with Crippen molar-refractivity contribution < 1.29 is 4.79 Å². The Morgan fingerprint density at radius 2 is 2.17 bits per heavy atom. The van der Waals surface area contributed by atoms with Crippen molar-refractivity contribution in [2.24, 2.45) is 0 Å². The third-order valence-corrected chi connectivity index (χ3v) is 5.31. The summed E-state index contributed by atoms with van der Waals surface area (Å²) in [5, 5.41) is 6.10. The first-order valence-electron chi connectivity index (χ1n) is 8.09. The van der Waals surface area contributed by atoms with Gasteiger partial charge in [0.25, 0.3) is 5.91 Å². The van der Waals surface area contributed by atoms with E-state index in [4.69, 9.17) is 0 Å². The maximum atomic E-state index is 12.6. The zero-order chi connectivity index (χ0) is 16.4. The molecule has 1 aromatic carbocycles. The van der Waals surface area contributed by atoms with Crippen molar-refractivity contribution >= 4 is 17.2 Å². The van der Waals surface area contributed by atoms with Crippen molar-refractivity contribution in [3.63, 3.8) is 0 Å². The molecular weight excluding hydrogens is 306 g/mol. The minimum atomic E-state index is -0.0721. The Morgan fingerprint density at radius 1 is 1.39 bits per heavy atom. The molecule has 5 heteroatoms. The highest BCUT2D eigenvalue weighted by Crippen LogP contribution is 2.33. The molecule has 1 aromatic heterocycles. The second kappa shape index (κ2) is 6.81. The third-order valence-electron chi connectivity index (χ3n) is 4.40. The number of benzene rings is 1. The van der Waals surface area contributed by atoms with E-state index in [1.807, 2.05) is 11.4 Å². The zero-order valence-electron chi connectivity index (χ0n) is 13.9. The Balaban J connectivity index is 1.80. The van der Waals surface area contributed by atoms with Gasteiger partial charge < -0.3 is 10.2 Å². The van der Waals surface area contributed by atoms with Crippen LogP contribution >= 0.6 is 11.3 Å². The Morgan fingerprint density at radius 3 is 2.91 bits per heavy atom. The Hall–Kier alpha value is -1.72. The summed E-state index contributed by atoms with van der Waals surface area (Å²) >= 11 is 1.57. The fourth-order valence-electron chi connectivity index (χ4n) is 3.19. The third kappa shape index (κ3) is 3.31. The van der Waals surface area contributed by atoms with Gasteiger partial charge >= 0.3 is 0 Å². The predicted molar refractivity (Wildman–Crippen MR) is 93.9 cm³/mol. The number of fused-ring (bicyclic) bond motifs is 1. The van der Waals surface area contributed by atoms with Crippen LogP contribution in [0.15, 0.2) is 29.6 Å². The highest BCUT2D eigenvalue weighted by atomic mass is 32.1. The SMILES string of the molecule is CCCc1nc(C(=O)N[C@@H]2c3ccccc3C[C@H]2N(C)C)cs1. The van der Waals surface area contributed by atoms with E-state index in [9.17, 15) is 4.79 Å². The maximum absolute atomic E-state index is 12.6. The van der Waals surface area contributed by atoms with Gasteiger partial charge in [-0.15, -0.1) is 11.3 Å². The molecule has 1 amide bonds. The molecule has 4 nitrogen and oxygen atoms in total. The van der Waals surface area contributed by atoms with Crippen molar-refractivity contribution in [2.45, 2.75) is 38.3 Å². The van der Waals surface area contributed by atoms with Crippen LogP contribution in [0, 0.1) is 0 Å². The highest BCUT2D eigenvalue weighted by molar-refractivity contribution is 7.09. The van der Waals surface area contributed by atoms with Crippen molar-refractivity contribution in [3.8, 4) is 0 Å². The number of nitrogens with zero attached hydrogens (tertiary/aromatic N) is 2. The molecule has 1 aliphatic rings. The molecule has 122 valence electrons. The lowest BCUT2D eigenvalue weighted by Gasteiger charge is -2.27. The highest BCUT2D eigenvalue weighted by Gasteiger charge is 2.35. The number of aromatic nitrogens is 1. The molecule has 23 heavy (non-hydrogen) atoms. The van der Waals surface area contributed by atoms with Crippen molar-refractivity contribution in [1.82, 2.24) is 15.2 Å². The molecule has 3 rings (SSSR count). The van der Waals surface area contributed by atoms with Gasteiger partial charge in [-0.25, -0.2) is 4.98 Å². The minimum Gasteiger partial charge on any atom is -0.342 e. The van der Waals surface area contributed by atoms with E-state index in [-0.39, 0.29) is 18.0 Å². The fourth-order valence-corrected chi connectivity index (χ4v) is 4.07. The van der Waals surface area contributed by atoms with Gasteiger partial charge in [0, 0.05) is 11.4 Å². The van der Waals surface area contributed by atoms with Crippen LogP contribution in [0.1, 0.15) is 46.0 Å². The van der Waals surface area contributed by atoms with Gasteiger partial charge in [-0.2, -0.15) is 0 Å². The number of likely N-dealkylation sites (N-methyl/N-ethyl adjacent to an activating group) is 1. The summed E-state index contributed by atoms with van der Waals surface area (Å²) in [5.41, 5.74) is 3.09. The van der Waals surface area contributed by atoms with Crippen LogP contribution in [0.5, 0.6) is 0 Å². The number of carbonyl (C=O) groups is 1. The van der Waals surface area contributed by atoms with E-state index < -0.39 is 0 Å². The number of carbonyl (C=O) groups excluding carboxylic acids is 1. The number of thiazole rings is 1. The number of rotatable bonds is 5. The largest absolute Gasteiger partial charge is 0.342 e. The van der Waals surface area contributed by atoms with E-state index in [0.717, 1.165) is 24.3 Å². The summed E-state index contributed by atoms with van der Waals surface area (Å²) in [6.07, 6.45) is 2.95. The molecule has 0 aliphatic heterocycles. The molecule has 1 heterocycles. The number of hydrogen-bond acceptors (Lipinski definition) is 4. The molecule has 1 aliphatic carbocycles. The van der Waals surface area contributed by atoms with Gasteiger partial charge in [0.15, 0.2) is 0 Å². The number of amides is 1. The van der Waals surface area contributed by atoms with E-state index in [2.05, 4.69) is 54.4 Å². The van der Waals surface area contributed by atoms with Gasteiger partial charge in [-0.05, 0) is 44.5 Å². The molecule has 0 saturated carbocycles. The standard InChI is InChI=1S/C18H23N3OS/c1-4-7-16-19-14(11-23-16)18(22)20-17-13-9-6-5-8-12(13)10-15(17)21(2)3/h5-6,8-9,11,15,17H,4,7,10H2,1-3H3,(H,20,22)/t15-,17-/m1/s1. The summed E-state index contributed by atoms with van der Waals surface area (Å²) in [4.78, 5) is 19.3. The van der Waals surface area contributed by atoms with Crippen LogP contribution < -0.4 is 5.32 Å². The monoisotopic (exact) mass is 329 g/mol. The Kier molecular flexibility index (Phi) is 4.78. The van der Waals surface area contributed by atoms with E-state index in [1.54, 1.807) is 11.3 Å². The summed E-state index contributed by atoms with van der Waals surface area (Å²) < 4.78 is 0. The topological polar surface area (TPSA) is 45.2 Å². The summed E-state index contributed by atoms with van der Waals surface area (Å²) in [7, 11) is 4.13.